The second-order valence-electron chi connectivity index (χ2n) is 12.0. The van der Waals surface area contributed by atoms with Crippen LogP contribution in [0, 0.1) is 44.4 Å². The van der Waals surface area contributed by atoms with Crippen LogP contribution in [0.15, 0.2) is 88.2 Å². The molecular formula is C35H37N3OS. The number of Topliss-reactive ketones (excluding diaryl/α,β-unsaturated/α-hetero) is 1. The number of hydrogen-bond acceptors (Lipinski definition) is 5. The molecule has 1 aliphatic carbocycles. The summed E-state index contributed by atoms with van der Waals surface area (Å²) in [5.74, 6) is 0.849. The number of nitrogens with zero attached hydrogens (tertiary/aromatic N) is 2. The third-order valence-electron chi connectivity index (χ3n) is 8.22. The highest BCUT2D eigenvalue weighted by molar-refractivity contribution is 7.98. The molecule has 0 spiro atoms. The van der Waals surface area contributed by atoms with Crippen LogP contribution in [0.4, 0.5) is 5.69 Å². The van der Waals surface area contributed by atoms with E-state index in [1.165, 1.54) is 16.0 Å². The molecule has 1 aliphatic heterocycles. The molecule has 4 nitrogen and oxygen atoms in total. The Labute approximate surface area is 242 Å². The minimum Gasteiger partial charge on any atom is -0.384 e. The van der Waals surface area contributed by atoms with Crippen LogP contribution in [-0.4, -0.2) is 5.78 Å². The van der Waals surface area contributed by atoms with Crippen LogP contribution in [-0.2, 0) is 10.5 Å². The van der Waals surface area contributed by atoms with Gasteiger partial charge >= 0.3 is 0 Å². The first-order chi connectivity index (χ1) is 19.0. The molecule has 204 valence electrons. The van der Waals surface area contributed by atoms with Crippen LogP contribution >= 0.6 is 11.8 Å². The molecule has 5 heteroatoms. The van der Waals surface area contributed by atoms with Gasteiger partial charge in [-0.25, -0.2) is 0 Å². The van der Waals surface area contributed by atoms with Crippen molar-refractivity contribution in [2.75, 3.05) is 4.90 Å². The summed E-state index contributed by atoms with van der Waals surface area (Å²) >= 11 is 1.82. The maximum absolute atomic E-state index is 14.0. The summed E-state index contributed by atoms with van der Waals surface area (Å²) in [5.41, 5.74) is 16.5. The summed E-state index contributed by atoms with van der Waals surface area (Å²) in [5, 5.41) is 10.6. The van der Waals surface area contributed by atoms with Crippen LogP contribution in [0.25, 0.3) is 0 Å². The van der Waals surface area contributed by atoms with E-state index < -0.39 is 5.92 Å². The molecule has 2 aliphatic rings. The lowest BCUT2D eigenvalue weighted by Crippen LogP contribution is -2.42. The van der Waals surface area contributed by atoms with Crippen molar-refractivity contribution in [3.8, 4) is 6.07 Å². The number of carbonyl (C=O) groups excluding carboxylic acids is 1. The zero-order chi connectivity index (χ0) is 28.8. The molecule has 0 radical (unpaired) electrons. The smallest absolute Gasteiger partial charge is 0.162 e. The Morgan fingerprint density at radius 1 is 1.00 bits per heavy atom. The minimum absolute atomic E-state index is 0.104. The van der Waals surface area contributed by atoms with Gasteiger partial charge in [-0.2, -0.15) is 5.26 Å². The van der Waals surface area contributed by atoms with E-state index in [0.717, 1.165) is 45.0 Å². The van der Waals surface area contributed by atoms with Gasteiger partial charge in [-0.05, 0) is 79.5 Å². The van der Waals surface area contributed by atoms with E-state index in [4.69, 9.17) is 5.73 Å². The SMILES string of the molecule is Cc1cc(CSc2ccccc2C)c(C)c(C2C(C#N)=C(N)N(c3ccccc3C)C3=C2C(=O)CC(C)(C)C3)c1. The molecule has 0 aromatic heterocycles. The molecule has 5 rings (SSSR count). The molecule has 0 fully saturated rings. The maximum atomic E-state index is 14.0. The fourth-order valence-corrected chi connectivity index (χ4v) is 7.28. The van der Waals surface area contributed by atoms with Gasteiger partial charge in [0.05, 0.1) is 23.2 Å². The second kappa shape index (κ2) is 10.7. The van der Waals surface area contributed by atoms with E-state index in [0.29, 0.717) is 24.2 Å². The molecule has 40 heavy (non-hydrogen) atoms. The molecule has 0 saturated carbocycles. The van der Waals surface area contributed by atoms with Crippen molar-refractivity contribution < 1.29 is 4.79 Å². The summed E-state index contributed by atoms with van der Waals surface area (Å²) in [6.07, 6.45) is 1.16. The minimum atomic E-state index is -0.481. The first-order valence-corrected chi connectivity index (χ1v) is 14.8. The Kier molecular flexibility index (Phi) is 7.42. The predicted molar refractivity (Wildman–Crippen MR) is 165 cm³/mol. The number of nitrogens with two attached hydrogens (primary N) is 1. The van der Waals surface area contributed by atoms with Crippen LogP contribution in [0.5, 0.6) is 0 Å². The first-order valence-electron chi connectivity index (χ1n) is 13.8. The van der Waals surface area contributed by atoms with Crippen LogP contribution < -0.4 is 10.6 Å². The van der Waals surface area contributed by atoms with Crippen molar-refractivity contribution in [3.05, 3.63) is 117 Å². The number of rotatable bonds is 5. The second-order valence-corrected chi connectivity index (χ2v) is 13.0. The fourth-order valence-electron chi connectivity index (χ4n) is 6.20. The lowest BCUT2D eigenvalue weighted by Gasteiger charge is -2.44. The number of carbonyl (C=O) groups is 1. The standard InChI is InChI=1S/C35H37N3OS/c1-21-15-25(20-40-31-14-10-8-12-23(31)3)24(4)26(16-21)32-27(19-36)34(37)38(28-13-9-7-11-22(28)2)29-17-35(5,6)18-30(39)33(29)32/h7-16,32H,17-18,20,37H2,1-6H3. The Morgan fingerprint density at radius 2 is 1.68 bits per heavy atom. The summed E-state index contributed by atoms with van der Waals surface area (Å²) in [6.45, 7) is 12.7. The van der Waals surface area contributed by atoms with Crippen molar-refractivity contribution in [1.29, 1.82) is 5.26 Å². The van der Waals surface area contributed by atoms with Crippen molar-refractivity contribution in [1.82, 2.24) is 0 Å². The molecule has 1 atom stereocenters. The van der Waals surface area contributed by atoms with Crippen molar-refractivity contribution in [3.63, 3.8) is 0 Å². The molecule has 2 N–H and O–H groups in total. The van der Waals surface area contributed by atoms with E-state index in [1.54, 1.807) is 0 Å². The van der Waals surface area contributed by atoms with Gasteiger partial charge in [-0.3, -0.25) is 9.69 Å². The molecule has 3 aromatic rings. The van der Waals surface area contributed by atoms with Gasteiger partial charge in [-0.1, -0.05) is 67.9 Å². The van der Waals surface area contributed by atoms with Gasteiger partial charge in [-0.15, -0.1) is 11.8 Å². The largest absolute Gasteiger partial charge is 0.384 e. The normalized spacial score (nSPS) is 18.6. The number of nitriles is 1. The third-order valence-corrected chi connectivity index (χ3v) is 9.45. The number of ketones is 1. The predicted octanol–water partition coefficient (Wildman–Crippen LogP) is 8.15. The summed E-state index contributed by atoms with van der Waals surface area (Å²) in [7, 11) is 0. The average Bonchev–Trinajstić information content (AvgIpc) is 2.89. The van der Waals surface area contributed by atoms with Crippen molar-refractivity contribution in [2.24, 2.45) is 11.1 Å². The third kappa shape index (κ3) is 4.97. The van der Waals surface area contributed by atoms with E-state index in [-0.39, 0.29) is 11.2 Å². The number of hydrogen-bond donors (Lipinski definition) is 1. The molecule has 1 heterocycles. The number of thioether (sulfide) groups is 1. The molecule has 3 aromatic carbocycles. The number of anilines is 1. The highest BCUT2D eigenvalue weighted by Crippen LogP contribution is 2.51. The topological polar surface area (TPSA) is 70.1 Å². The number of aryl methyl sites for hydroxylation is 3. The number of benzene rings is 3. The van der Waals surface area contributed by atoms with E-state index in [9.17, 15) is 10.1 Å². The Balaban J connectivity index is 1.69. The molecule has 0 saturated heterocycles. The van der Waals surface area contributed by atoms with E-state index >= 15 is 0 Å². The van der Waals surface area contributed by atoms with Crippen molar-refractivity contribution >= 4 is 23.2 Å². The van der Waals surface area contributed by atoms with Crippen LogP contribution in [0.1, 0.15) is 66.0 Å². The van der Waals surface area contributed by atoms with Crippen LogP contribution in [0.3, 0.4) is 0 Å². The first kappa shape index (κ1) is 27.8. The van der Waals surface area contributed by atoms with E-state index in [1.807, 2.05) is 47.9 Å². The summed E-state index contributed by atoms with van der Waals surface area (Å²) in [4.78, 5) is 17.3. The van der Waals surface area contributed by atoms with Crippen molar-refractivity contribution in [2.45, 2.75) is 71.0 Å². The zero-order valence-electron chi connectivity index (χ0n) is 24.3. The highest BCUT2D eigenvalue weighted by Gasteiger charge is 2.45. The maximum Gasteiger partial charge on any atom is 0.162 e. The Hall–Kier alpha value is -3.75. The molecule has 0 bridgehead atoms. The molecule has 0 amide bonds. The Bertz CT molecular complexity index is 1620. The van der Waals surface area contributed by atoms with Gasteiger partial charge in [0.1, 0.15) is 5.82 Å². The summed E-state index contributed by atoms with van der Waals surface area (Å²) < 4.78 is 0. The monoisotopic (exact) mass is 547 g/mol. The van der Waals surface area contributed by atoms with Gasteiger partial charge in [0.25, 0.3) is 0 Å². The lowest BCUT2D eigenvalue weighted by atomic mass is 9.68. The van der Waals surface area contributed by atoms with Crippen LogP contribution in [0.2, 0.25) is 0 Å². The molecular weight excluding hydrogens is 510 g/mol. The number of allylic oxidation sites excluding steroid dienone is 3. The average molecular weight is 548 g/mol. The van der Waals surface area contributed by atoms with Gasteiger partial charge in [0, 0.05) is 28.3 Å². The highest BCUT2D eigenvalue weighted by atomic mass is 32.2. The quantitative estimate of drug-likeness (QED) is 0.326. The van der Waals surface area contributed by atoms with Gasteiger partial charge < -0.3 is 5.73 Å². The number of para-hydroxylation sites is 1. The summed E-state index contributed by atoms with van der Waals surface area (Å²) in [6, 6.07) is 23.3. The van der Waals surface area contributed by atoms with E-state index in [2.05, 4.69) is 77.1 Å². The fraction of sp³-hybridized carbons (Fsp3) is 0.314. The van der Waals surface area contributed by atoms with Gasteiger partial charge in [0.15, 0.2) is 5.78 Å². The van der Waals surface area contributed by atoms with Gasteiger partial charge in [0.2, 0.25) is 0 Å². The zero-order valence-corrected chi connectivity index (χ0v) is 25.1. The Morgan fingerprint density at radius 3 is 2.35 bits per heavy atom. The lowest BCUT2D eigenvalue weighted by molar-refractivity contribution is -0.118. The molecule has 1 unspecified atom stereocenters.